The molecule has 0 radical (unpaired) electrons. The van der Waals surface area contributed by atoms with E-state index in [9.17, 15) is 0 Å². The second-order valence-electron chi connectivity index (χ2n) is 10.7. The molecule has 6 rings (SSSR count). The molecule has 2 aromatic heterocycles. The molecule has 2 fully saturated rings. The van der Waals surface area contributed by atoms with Crippen LogP contribution in [0, 0.1) is 17.8 Å². The van der Waals surface area contributed by atoms with Crippen LogP contribution in [0.25, 0.3) is 33.4 Å². The summed E-state index contributed by atoms with van der Waals surface area (Å²) in [7, 11) is 0. The Labute approximate surface area is 212 Å². The number of anilines is 1. The summed E-state index contributed by atoms with van der Waals surface area (Å²) in [4.78, 5) is 18.5. The van der Waals surface area contributed by atoms with Gasteiger partial charge in [0.2, 0.25) is 0 Å². The van der Waals surface area contributed by atoms with Gasteiger partial charge in [0.15, 0.2) is 5.82 Å². The Hall–Kier alpha value is -3.38. The maximum absolute atomic E-state index is 6.32. The molecular formula is C30H33N5O. The van der Waals surface area contributed by atoms with Crippen LogP contribution in [0.4, 0.5) is 5.82 Å². The topological polar surface area (TPSA) is 72.8 Å². The van der Waals surface area contributed by atoms with Crippen LogP contribution in [0.2, 0.25) is 0 Å². The molecule has 1 N–H and O–H groups in total. The van der Waals surface area contributed by atoms with Crippen LogP contribution < -0.4 is 5.32 Å². The van der Waals surface area contributed by atoms with Crippen molar-refractivity contribution in [3.05, 3.63) is 67.3 Å². The first-order valence-corrected chi connectivity index (χ1v) is 13.1. The zero-order valence-corrected chi connectivity index (χ0v) is 21.2. The van der Waals surface area contributed by atoms with E-state index in [-0.39, 0.29) is 5.60 Å². The molecule has 2 aliphatic carbocycles. The highest BCUT2D eigenvalue weighted by atomic mass is 16.5. The van der Waals surface area contributed by atoms with Gasteiger partial charge in [0.05, 0.1) is 22.1 Å². The van der Waals surface area contributed by atoms with Crippen molar-refractivity contribution in [1.82, 2.24) is 19.9 Å². The molecule has 2 aliphatic rings. The van der Waals surface area contributed by atoms with E-state index in [2.05, 4.69) is 78.5 Å². The standard InChI is InChI=1S/C30H33N5O/c1-4-36-30(2,3)26-20-13-14-21(15-20)27(26)34-29-25-23(19-9-6-5-7-10-19)11-8-12-24(25)33-28(35-29)22-16-31-18-32-17-22/h5-12,16-18,20-21,26-27H,4,13-15H2,1-3H3,(H,33,34,35)/t20?,21?,26-,27+/m1/s1. The number of fused-ring (bicyclic) bond motifs is 3. The van der Waals surface area contributed by atoms with Gasteiger partial charge in [-0.05, 0) is 69.1 Å². The van der Waals surface area contributed by atoms with Crippen molar-refractivity contribution in [2.24, 2.45) is 17.8 Å². The summed E-state index contributed by atoms with van der Waals surface area (Å²) in [5.74, 6) is 3.25. The average Bonchev–Trinajstić information content (AvgIpc) is 3.51. The third-order valence-corrected chi connectivity index (χ3v) is 8.17. The molecule has 0 amide bonds. The fourth-order valence-corrected chi connectivity index (χ4v) is 6.81. The van der Waals surface area contributed by atoms with E-state index in [0.717, 1.165) is 40.0 Å². The highest BCUT2D eigenvalue weighted by Crippen LogP contribution is 2.54. The average molecular weight is 480 g/mol. The van der Waals surface area contributed by atoms with Gasteiger partial charge in [-0.3, -0.25) is 0 Å². The van der Waals surface area contributed by atoms with Crippen molar-refractivity contribution in [2.45, 2.75) is 51.7 Å². The zero-order chi connectivity index (χ0) is 24.7. The first-order valence-electron chi connectivity index (χ1n) is 13.1. The van der Waals surface area contributed by atoms with E-state index in [0.29, 0.717) is 29.6 Å². The number of nitrogens with zero attached hydrogens (tertiary/aromatic N) is 4. The molecule has 2 saturated carbocycles. The number of hydrogen-bond donors (Lipinski definition) is 1. The lowest BCUT2D eigenvalue weighted by Crippen LogP contribution is -2.48. The summed E-state index contributed by atoms with van der Waals surface area (Å²) in [5.41, 5.74) is 3.82. The number of nitrogens with one attached hydrogen (secondary N) is 1. The second-order valence-corrected chi connectivity index (χ2v) is 10.7. The smallest absolute Gasteiger partial charge is 0.165 e. The number of ether oxygens (including phenoxy) is 1. The van der Waals surface area contributed by atoms with Gasteiger partial charge in [-0.25, -0.2) is 19.9 Å². The fraction of sp³-hybridized carbons (Fsp3) is 0.400. The summed E-state index contributed by atoms with van der Waals surface area (Å²) in [5, 5.41) is 5.03. The molecule has 2 aromatic carbocycles. The minimum atomic E-state index is -0.201. The Bertz CT molecular complexity index is 1360. The van der Waals surface area contributed by atoms with Gasteiger partial charge >= 0.3 is 0 Å². The number of hydrogen-bond acceptors (Lipinski definition) is 6. The predicted octanol–water partition coefficient (Wildman–Crippen LogP) is 6.40. The highest BCUT2D eigenvalue weighted by molar-refractivity contribution is 6.02. The van der Waals surface area contributed by atoms with Crippen LogP contribution in [0.15, 0.2) is 67.3 Å². The molecule has 2 unspecified atom stereocenters. The molecule has 0 saturated heterocycles. The predicted molar refractivity (Wildman–Crippen MR) is 143 cm³/mol. The quantitative estimate of drug-likeness (QED) is 0.331. The lowest BCUT2D eigenvalue weighted by atomic mass is 9.74. The van der Waals surface area contributed by atoms with Crippen LogP contribution >= 0.6 is 0 Å². The molecule has 2 bridgehead atoms. The monoisotopic (exact) mass is 479 g/mol. The van der Waals surface area contributed by atoms with Crippen LogP contribution in [0.3, 0.4) is 0 Å². The molecule has 6 heteroatoms. The Morgan fingerprint density at radius 2 is 1.69 bits per heavy atom. The zero-order valence-electron chi connectivity index (χ0n) is 21.2. The summed E-state index contributed by atoms with van der Waals surface area (Å²) < 4.78 is 6.32. The van der Waals surface area contributed by atoms with Gasteiger partial charge in [0.25, 0.3) is 0 Å². The van der Waals surface area contributed by atoms with E-state index >= 15 is 0 Å². The summed E-state index contributed by atoms with van der Waals surface area (Å²) in [6.45, 7) is 7.34. The Morgan fingerprint density at radius 3 is 2.47 bits per heavy atom. The lowest BCUT2D eigenvalue weighted by molar-refractivity contribution is -0.0737. The van der Waals surface area contributed by atoms with Gasteiger partial charge < -0.3 is 10.1 Å². The highest BCUT2D eigenvalue weighted by Gasteiger charge is 2.54. The molecule has 2 heterocycles. The van der Waals surface area contributed by atoms with Gasteiger partial charge in [-0.1, -0.05) is 42.5 Å². The molecular weight excluding hydrogens is 446 g/mol. The van der Waals surface area contributed by atoms with Gasteiger partial charge in [-0.2, -0.15) is 0 Å². The molecule has 4 aromatic rings. The first kappa shape index (κ1) is 23.0. The molecule has 184 valence electrons. The molecule has 36 heavy (non-hydrogen) atoms. The first-order chi connectivity index (χ1) is 17.5. The van der Waals surface area contributed by atoms with Crippen molar-refractivity contribution < 1.29 is 4.74 Å². The van der Waals surface area contributed by atoms with E-state index in [1.54, 1.807) is 12.4 Å². The SMILES string of the molecule is CCOC(C)(C)[C@@H]1C2CCC(C2)[C@@H]1Nc1nc(-c2cncnc2)nc2cccc(-c3ccccc3)c12. The number of rotatable bonds is 7. The minimum Gasteiger partial charge on any atom is -0.375 e. The van der Waals surface area contributed by atoms with E-state index < -0.39 is 0 Å². The molecule has 0 spiro atoms. The fourth-order valence-electron chi connectivity index (χ4n) is 6.81. The van der Waals surface area contributed by atoms with E-state index in [4.69, 9.17) is 14.7 Å². The van der Waals surface area contributed by atoms with Gasteiger partial charge in [-0.15, -0.1) is 0 Å². The summed E-state index contributed by atoms with van der Waals surface area (Å²) in [6, 6.07) is 17.1. The molecule has 0 aliphatic heterocycles. The van der Waals surface area contributed by atoms with Gasteiger partial charge in [0.1, 0.15) is 12.1 Å². The van der Waals surface area contributed by atoms with Crippen LogP contribution in [0.1, 0.15) is 40.0 Å². The van der Waals surface area contributed by atoms with Crippen molar-refractivity contribution in [1.29, 1.82) is 0 Å². The second kappa shape index (κ2) is 9.25. The largest absolute Gasteiger partial charge is 0.375 e. The lowest BCUT2D eigenvalue weighted by Gasteiger charge is -2.42. The normalized spacial score (nSPS) is 23.3. The van der Waals surface area contributed by atoms with Crippen LogP contribution in [-0.2, 0) is 4.74 Å². The third kappa shape index (κ3) is 4.03. The van der Waals surface area contributed by atoms with Gasteiger partial charge in [0, 0.05) is 31.0 Å². The molecule has 6 nitrogen and oxygen atoms in total. The van der Waals surface area contributed by atoms with Crippen molar-refractivity contribution >= 4 is 16.7 Å². The van der Waals surface area contributed by atoms with E-state index in [1.807, 2.05) is 6.07 Å². The Balaban J connectivity index is 1.51. The van der Waals surface area contributed by atoms with Crippen LogP contribution in [-0.4, -0.2) is 38.2 Å². The minimum absolute atomic E-state index is 0.201. The van der Waals surface area contributed by atoms with Crippen molar-refractivity contribution in [3.8, 4) is 22.5 Å². The third-order valence-electron chi connectivity index (χ3n) is 8.17. The van der Waals surface area contributed by atoms with Crippen LogP contribution in [0.5, 0.6) is 0 Å². The Kier molecular flexibility index (Phi) is 5.92. The summed E-state index contributed by atoms with van der Waals surface area (Å²) in [6.07, 6.45) is 8.89. The maximum Gasteiger partial charge on any atom is 0.165 e. The number of aromatic nitrogens is 4. The number of benzene rings is 2. The molecule has 4 atom stereocenters. The van der Waals surface area contributed by atoms with Crippen molar-refractivity contribution in [2.75, 3.05) is 11.9 Å². The maximum atomic E-state index is 6.32. The van der Waals surface area contributed by atoms with E-state index in [1.165, 1.54) is 25.6 Å². The van der Waals surface area contributed by atoms with Crippen molar-refractivity contribution in [3.63, 3.8) is 0 Å². The Morgan fingerprint density at radius 1 is 0.917 bits per heavy atom. The summed E-state index contributed by atoms with van der Waals surface area (Å²) >= 11 is 0.